The van der Waals surface area contributed by atoms with Gasteiger partial charge in [-0.1, -0.05) is 0 Å². The van der Waals surface area contributed by atoms with Crippen molar-refractivity contribution < 1.29 is 45.7 Å². The van der Waals surface area contributed by atoms with Crippen molar-refractivity contribution in [2.75, 3.05) is 24.7 Å². The molecule has 1 atom stereocenters. The zero-order valence-electron chi connectivity index (χ0n) is 17.4. The number of aliphatic hydroxyl groups is 1. The summed E-state index contributed by atoms with van der Waals surface area (Å²) in [6.45, 7) is -0.583. The van der Waals surface area contributed by atoms with Crippen molar-refractivity contribution >= 4 is 11.6 Å². The Morgan fingerprint density at radius 3 is 2.16 bits per heavy atom. The van der Waals surface area contributed by atoms with Crippen molar-refractivity contribution in [3.05, 3.63) is 24.3 Å². The van der Waals surface area contributed by atoms with E-state index in [-0.39, 0.29) is 24.5 Å². The predicted molar refractivity (Wildman–Crippen MR) is 102 cm³/mol. The maximum Gasteiger partial charge on any atom is 0.422 e. The molecule has 1 aliphatic carbocycles. The first kappa shape index (κ1) is 24.6. The third-order valence-corrected chi connectivity index (χ3v) is 6.26. The van der Waals surface area contributed by atoms with Gasteiger partial charge in [-0.25, -0.2) is 0 Å². The van der Waals surface area contributed by atoms with Gasteiger partial charge in [0, 0.05) is 12.2 Å². The minimum Gasteiger partial charge on any atom is -0.484 e. The molecule has 1 unspecified atom stereocenters. The predicted octanol–water partition coefficient (Wildman–Crippen LogP) is 4.62. The first-order valence-corrected chi connectivity index (χ1v) is 10.3. The summed E-state index contributed by atoms with van der Waals surface area (Å²) >= 11 is 0. The average Bonchev–Trinajstić information content (AvgIpc) is 3.03. The van der Waals surface area contributed by atoms with Crippen molar-refractivity contribution in [2.45, 2.75) is 63.1 Å². The SMILES string of the molecule is CC(OC[C@]1(O)CC[C@]2(CCN(c3ccc(OCC(F)(F)F)cc3)C2=O)CC1)C(F)(F)F. The Kier molecular flexibility index (Phi) is 6.72. The summed E-state index contributed by atoms with van der Waals surface area (Å²) in [5.74, 6) is -0.128. The molecule has 5 nitrogen and oxygen atoms in total. The normalized spacial score (nSPS) is 27.8. The second-order valence-electron chi connectivity index (χ2n) is 8.60. The van der Waals surface area contributed by atoms with Gasteiger partial charge in [0.05, 0.1) is 17.6 Å². The van der Waals surface area contributed by atoms with Crippen LogP contribution in [-0.2, 0) is 9.53 Å². The number of alkyl halides is 6. The van der Waals surface area contributed by atoms with Gasteiger partial charge in [0.1, 0.15) is 5.75 Å². The van der Waals surface area contributed by atoms with Crippen LogP contribution in [0.1, 0.15) is 39.0 Å². The number of carbonyl (C=O) groups is 1. The fraction of sp³-hybridized carbons (Fsp3) is 0.667. The highest BCUT2D eigenvalue weighted by molar-refractivity contribution is 6.00. The fourth-order valence-corrected chi connectivity index (χ4v) is 4.13. The highest BCUT2D eigenvalue weighted by Gasteiger charge is 2.52. The van der Waals surface area contributed by atoms with Crippen LogP contribution in [0.5, 0.6) is 5.75 Å². The quantitative estimate of drug-likeness (QED) is 0.618. The van der Waals surface area contributed by atoms with Crippen molar-refractivity contribution in [3.63, 3.8) is 0 Å². The summed E-state index contributed by atoms with van der Waals surface area (Å²) in [6.07, 6.45) is -9.52. The van der Waals surface area contributed by atoms with Crippen LogP contribution in [0.4, 0.5) is 32.0 Å². The van der Waals surface area contributed by atoms with Crippen LogP contribution in [0, 0.1) is 5.41 Å². The van der Waals surface area contributed by atoms with E-state index in [0.717, 1.165) is 6.92 Å². The van der Waals surface area contributed by atoms with Crippen LogP contribution in [0.15, 0.2) is 24.3 Å². The van der Waals surface area contributed by atoms with E-state index in [2.05, 4.69) is 4.74 Å². The summed E-state index contributed by atoms with van der Waals surface area (Å²) in [7, 11) is 0. The van der Waals surface area contributed by atoms with E-state index in [4.69, 9.17) is 4.74 Å². The lowest BCUT2D eigenvalue weighted by atomic mass is 9.68. The van der Waals surface area contributed by atoms with Gasteiger partial charge < -0.3 is 19.5 Å². The molecule has 2 fully saturated rings. The van der Waals surface area contributed by atoms with E-state index in [1.54, 1.807) is 4.90 Å². The Morgan fingerprint density at radius 2 is 1.62 bits per heavy atom. The zero-order valence-corrected chi connectivity index (χ0v) is 17.4. The number of nitrogens with zero attached hydrogens (tertiary/aromatic N) is 1. The minimum absolute atomic E-state index is 0.0308. The molecule has 1 aromatic rings. The smallest absolute Gasteiger partial charge is 0.422 e. The van der Waals surface area contributed by atoms with Gasteiger partial charge in [-0.2, -0.15) is 26.3 Å². The monoisotopic (exact) mass is 469 g/mol. The minimum atomic E-state index is -4.51. The molecule has 1 spiro atoms. The van der Waals surface area contributed by atoms with Gasteiger partial charge in [0.25, 0.3) is 0 Å². The molecular formula is C21H25F6NO4. The molecule has 1 saturated carbocycles. The third-order valence-electron chi connectivity index (χ3n) is 6.26. The zero-order chi connectivity index (χ0) is 23.8. The van der Waals surface area contributed by atoms with Gasteiger partial charge >= 0.3 is 12.4 Å². The number of benzene rings is 1. The number of halogens is 6. The lowest BCUT2D eigenvalue weighted by molar-refractivity contribution is -0.229. The molecule has 1 N–H and O–H groups in total. The largest absolute Gasteiger partial charge is 0.484 e. The standard InChI is InChI=1S/C21H25F6NO4/c1-14(21(25,26)27)31-12-19(30)8-6-18(7-9-19)10-11-28(17(18)29)15-2-4-16(5-3-15)32-13-20(22,23)24/h2-5,14,30H,6-13H2,1H3/t14?,18-,19+. The lowest BCUT2D eigenvalue weighted by Crippen LogP contribution is -2.47. The lowest BCUT2D eigenvalue weighted by Gasteiger charge is -2.41. The Balaban J connectivity index is 1.57. The molecule has 180 valence electrons. The van der Waals surface area contributed by atoms with Gasteiger partial charge in [0.2, 0.25) is 5.91 Å². The topological polar surface area (TPSA) is 59.0 Å². The molecule has 32 heavy (non-hydrogen) atoms. The fourth-order valence-electron chi connectivity index (χ4n) is 4.13. The van der Waals surface area contributed by atoms with Crippen LogP contribution in [-0.4, -0.2) is 54.8 Å². The highest BCUT2D eigenvalue weighted by Crippen LogP contribution is 2.49. The van der Waals surface area contributed by atoms with Crippen LogP contribution >= 0.6 is 0 Å². The van der Waals surface area contributed by atoms with Gasteiger partial charge in [-0.15, -0.1) is 0 Å². The molecule has 0 radical (unpaired) electrons. The molecule has 1 aliphatic heterocycles. The van der Waals surface area contributed by atoms with E-state index in [9.17, 15) is 36.2 Å². The highest BCUT2D eigenvalue weighted by atomic mass is 19.4. The van der Waals surface area contributed by atoms with E-state index in [1.807, 2.05) is 0 Å². The van der Waals surface area contributed by atoms with Gasteiger partial charge in [-0.05, 0) is 63.3 Å². The molecule has 0 aromatic heterocycles. The number of rotatable bonds is 6. The van der Waals surface area contributed by atoms with Crippen molar-refractivity contribution in [1.82, 2.24) is 0 Å². The van der Waals surface area contributed by atoms with Crippen molar-refractivity contribution in [1.29, 1.82) is 0 Å². The number of ether oxygens (including phenoxy) is 2. The van der Waals surface area contributed by atoms with Crippen molar-refractivity contribution in [3.8, 4) is 5.75 Å². The molecule has 1 aromatic carbocycles. The summed E-state index contributed by atoms with van der Waals surface area (Å²) in [5, 5.41) is 10.6. The molecule has 0 bridgehead atoms. The maximum atomic E-state index is 13.1. The van der Waals surface area contributed by atoms with E-state index >= 15 is 0 Å². The average molecular weight is 469 g/mol. The Morgan fingerprint density at radius 1 is 1.03 bits per heavy atom. The Hall–Kier alpha value is -2.01. The number of hydrogen-bond donors (Lipinski definition) is 1. The molecule has 1 amide bonds. The van der Waals surface area contributed by atoms with Crippen LogP contribution in [0.25, 0.3) is 0 Å². The third kappa shape index (κ3) is 5.67. The number of anilines is 1. The van der Waals surface area contributed by atoms with Crippen LogP contribution in [0.3, 0.4) is 0 Å². The Bertz CT molecular complexity index is 800. The second-order valence-corrected chi connectivity index (χ2v) is 8.60. The summed E-state index contributed by atoms with van der Waals surface area (Å²) in [6, 6.07) is 5.73. The van der Waals surface area contributed by atoms with Crippen LogP contribution < -0.4 is 9.64 Å². The van der Waals surface area contributed by atoms with Gasteiger partial charge in [-0.3, -0.25) is 4.79 Å². The number of carbonyl (C=O) groups excluding carboxylic acids is 1. The van der Waals surface area contributed by atoms with E-state index in [1.165, 1.54) is 24.3 Å². The van der Waals surface area contributed by atoms with E-state index in [0.29, 0.717) is 31.5 Å². The summed E-state index contributed by atoms with van der Waals surface area (Å²) < 4.78 is 84.2. The van der Waals surface area contributed by atoms with Crippen LogP contribution in [0.2, 0.25) is 0 Å². The second kappa shape index (κ2) is 8.74. The maximum absolute atomic E-state index is 13.1. The molecule has 3 rings (SSSR count). The number of hydrogen-bond acceptors (Lipinski definition) is 4. The van der Waals surface area contributed by atoms with Crippen molar-refractivity contribution in [2.24, 2.45) is 5.41 Å². The number of amides is 1. The molecule has 1 saturated heterocycles. The molecule has 11 heteroatoms. The van der Waals surface area contributed by atoms with E-state index < -0.39 is 42.7 Å². The Labute approximate surface area is 181 Å². The molecular weight excluding hydrogens is 444 g/mol. The summed E-state index contributed by atoms with van der Waals surface area (Å²) in [5.41, 5.74) is -1.61. The first-order chi connectivity index (χ1) is 14.7. The summed E-state index contributed by atoms with van der Waals surface area (Å²) in [4.78, 5) is 14.7. The molecule has 2 aliphatic rings. The molecule has 1 heterocycles. The first-order valence-electron chi connectivity index (χ1n) is 10.3. The van der Waals surface area contributed by atoms with Gasteiger partial charge in [0.15, 0.2) is 12.7 Å².